The van der Waals surface area contributed by atoms with Gasteiger partial charge in [0.15, 0.2) is 0 Å². The molecule has 2 aromatic rings. The van der Waals surface area contributed by atoms with Crippen molar-refractivity contribution in [2.24, 2.45) is 11.3 Å². The number of likely N-dealkylation sites (tertiary alicyclic amines) is 1. The van der Waals surface area contributed by atoms with Gasteiger partial charge in [-0.15, -0.1) is 0 Å². The van der Waals surface area contributed by atoms with Gasteiger partial charge < -0.3 is 20.1 Å². The molecule has 1 aliphatic carbocycles. The van der Waals surface area contributed by atoms with Gasteiger partial charge in [-0.25, -0.2) is 4.79 Å². The first-order valence-corrected chi connectivity index (χ1v) is 12.2. The predicted molar refractivity (Wildman–Crippen MR) is 133 cm³/mol. The van der Waals surface area contributed by atoms with Crippen LogP contribution >= 0.6 is 0 Å². The van der Waals surface area contributed by atoms with E-state index in [0.717, 1.165) is 22.3 Å². The quantitative estimate of drug-likeness (QED) is 0.652. The van der Waals surface area contributed by atoms with Gasteiger partial charge in [-0.2, -0.15) is 0 Å². The molecule has 4 rings (SSSR count). The van der Waals surface area contributed by atoms with Gasteiger partial charge >= 0.3 is 12.1 Å². The Hall–Kier alpha value is -3.35. The molecule has 0 aromatic heterocycles. The Kier molecular flexibility index (Phi) is 6.88. The van der Waals surface area contributed by atoms with Crippen molar-refractivity contribution in [3.8, 4) is 11.1 Å². The molecule has 3 atom stereocenters. The highest BCUT2D eigenvalue weighted by molar-refractivity contribution is 5.87. The second-order valence-electron chi connectivity index (χ2n) is 10.6. The van der Waals surface area contributed by atoms with Crippen LogP contribution in [0.15, 0.2) is 48.5 Å². The zero-order valence-electron chi connectivity index (χ0n) is 20.8. The number of ether oxygens (including phenoxy) is 1. The molecule has 186 valence electrons. The van der Waals surface area contributed by atoms with E-state index in [1.807, 2.05) is 45.0 Å². The SMILES string of the molecule is C[C@@H]1[C@H](C(=O)O)CCCN1C(=O)[C@H](NC(=O)OCC1c2ccccc2-c2ccccc21)C(C)(C)C. The summed E-state index contributed by atoms with van der Waals surface area (Å²) in [5, 5.41) is 12.3. The van der Waals surface area contributed by atoms with Crippen molar-refractivity contribution in [1.29, 1.82) is 0 Å². The van der Waals surface area contributed by atoms with E-state index in [2.05, 4.69) is 29.6 Å². The number of alkyl carbamates (subject to hydrolysis) is 1. The number of piperidine rings is 1. The Balaban J connectivity index is 1.47. The van der Waals surface area contributed by atoms with Crippen LogP contribution in [-0.4, -0.2) is 53.2 Å². The van der Waals surface area contributed by atoms with Crippen molar-refractivity contribution in [2.75, 3.05) is 13.2 Å². The average molecular weight is 479 g/mol. The van der Waals surface area contributed by atoms with Crippen LogP contribution in [0.25, 0.3) is 11.1 Å². The van der Waals surface area contributed by atoms with E-state index < -0.39 is 35.5 Å². The van der Waals surface area contributed by atoms with Gasteiger partial charge in [0.1, 0.15) is 12.6 Å². The molecule has 1 aliphatic heterocycles. The van der Waals surface area contributed by atoms with Crippen LogP contribution < -0.4 is 5.32 Å². The number of hydrogen-bond acceptors (Lipinski definition) is 4. The highest BCUT2D eigenvalue weighted by Crippen LogP contribution is 2.44. The third kappa shape index (κ3) is 4.90. The van der Waals surface area contributed by atoms with Crippen LogP contribution in [-0.2, 0) is 14.3 Å². The molecule has 1 saturated heterocycles. The zero-order valence-corrected chi connectivity index (χ0v) is 20.8. The van der Waals surface area contributed by atoms with E-state index >= 15 is 0 Å². The Morgan fingerprint density at radius 3 is 2.17 bits per heavy atom. The van der Waals surface area contributed by atoms with Gasteiger partial charge in [0, 0.05) is 18.5 Å². The number of aliphatic carboxylic acids is 1. The summed E-state index contributed by atoms with van der Waals surface area (Å²) in [4.78, 5) is 39.7. The number of rotatable bonds is 5. The number of nitrogens with one attached hydrogen (secondary N) is 1. The van der Waals surface area contributed by atoms with Gasteiger partial charge in [0.05, 0.1) is 5.92 Å². The first-order valence-electron chi connectivity index (χ1n) is 12.2. The first-order chi connectivity index (χ1) is 16.6. The molecule has 2 amide bonds. The lowest BCUT2D eigenvalue weighted by Gasteiger charge is -2.41. The Morgan fingerprint density at radius 2 is 1.63 bits per heavy atom. The van der Waals surface area contributed by atoms with E-state index in [4.69, 9.17) is 4.74 Å². The molecule has 7 nitrogen and oxygen atoms in total. The van der Waals surface area contributed by atoms with Crippen LogP contribution in [0, 0.1) is 11.3 Å². The molecular formula is C28H34N2O5. The van der Waals surface area contributed by atoms with Crippen molar-refractivity contribution in [1.82, 2.24) is 10.2 Å². The minimum Gasteiger partial charge on any atom is -0.481 e. The van der Waals surface area contributed by atoms with Crippen molar-refractivity contribution >= 4 is 18.0 Å². The van der Waals surface area contributed by atoms with Crippen LogP contribution in [0.2, 0.25) is 0 Å². The van der Waals surface area contributed by atoms with Gasteiger partial charge in [0.2, 0.25) is 5.91 Å². The van der Waals surface area contributed by atoms with Crippen molar-refractivity contribution in [3.05, 3.63) is 59.7 Å². The molecule has 1 heterocycles. The largest absolute Gasteiger partial charge is 0.481 e. The summed E-state index contributed by atoms with van der Waals surface area (Å²) in [6.45, 7) is 8.03. The molecule has 2 aliphatic rings. The zero-order chi connectivity index (χ0) is 25.3. The first kappa shape index (κ1) is 24.8. The van der Waals surface area contributed by atoms with Gasteiger partial charge in [-0.1, -0.05) is 69.3 Å². The monoisotopic (exact) mass is 478 g/mol. The molecule has 0 bridgehead atoms. The normalized spacial score (nSPS) is 20.5. The van der Waals surface area contributed by atoms with Crippen LogP contribution in [0.5, 0.6) is 0 Å². The highest BCUT2D eigenvalue weighted by atomic mass is 16.5. The van der Waals surface area contributed by atoms with E-state index in [-0.39, 0.29) is 18.4 Å². The van der Waals surface area contributed by atoms with Gasteiger partial charge in [-0.3, -0.25) is 9.59 Å². The number of amides is 2. The summed E-state index contributed by atoms with van der Waals surface area (Å²) in [5.41, 5.74) is 3.94. The number of carbonyl (C=O) groups excluding carboxylic acids is 2. The number of hydrogen-bond donors (Lipinski definition) is 2. The second kappa shape index (κ2) is 9.72. The van der Waals surface area contributed by atoms with E-state index in [9.17, 15) is 19.5 Å². The fourth-order valence-electron chi connectivity index (χ4n) is 5.36. The molecule has 2 N–H and O–H groups in total. The second-order valence-corrected chi connectivity index (χ2v) is 10.6. The average Bonchev–Trinajstić information content (AvgIpc) is 3.14. The fraction of sp³-hybridized carbons (Fsp3) is 0.464. The predicted octanol–water partition coefficient (Wildman–Crippen LogP) is 4.65. The highest BCUT2D eigenvalue weighted by Gasteiger charge is 2.42. The lowest BCUT2D eigenvalue weighted by Crippen LogP contribution is -2.59. The number of fused-ring (bicyclic) bond motifs is 3. The lowest BCUT2D eigenvalue weighted by molar-refractivity contribution is -0.150. The summed E-state index contributed by atoms with van der Waals surface area (Å²) in [6, 6.07) is 14.9. The molecule has 2 aromatic carbocycles. The van der Waals surface area contributed by atoms with Crippen LogP contribution in [0.1, 0.15) is 57.6 Å². The maximum Gasteiger partial charge on any atom is 0.407 e. The number of carboxylic acids is 1. The summed E-state index contributed by atoms with van der Waals surface area (Å²) in [7, 11) is 0. The summed E-state index contributed by atoms with van der Waals surface area (Å²) in [5.74, 6) is -1.85. The number of benzene rings is 2. The molecule has 0 spiro atoms. The molecule has 7 heteroatoms. The molecule has 0 unspecified atom stereocenters. The van der Waals surface area contributed by atoms with Crippen molar-refractivity contribution < 1.29 is 24.2 Å². The summed E-state index contributed by atoms with van der Waals surface area (Å²) in [6.07, 6.45) is 0.509. The van der Waals surface area contributed by atoms with Crippen molar-refractivity contribution in [2.45, 2.75) is 58.5 Å². The molecule has 35 heavy (non-hydrogen) atoms. The van der Waals surface area contributed by atoms with Crippen LogP contribution in [0.4, 0.5) is 4.79 Å². The minimum atomic E-state index is -0.896. The third-order valence-electron chi connectivity index (χ3n) is 7.31. The molecular weight excluding hydrogens is 444 g/mol. The number of nitrogens with zero attached hydrogens (tertiary/aromatic N) is 1. The maximum absolute atomic E-state index is 13.5. The van der Waals surface area contributed by atoms with Crippen LogP contribution in [0.3, 0.4) is 0 Å². The molecule has 1 fully saturated rings. The smallest absolute Gasteiger partial charge is 0.407 e. The Morgan fingerprint density at radius 1 is 1.06 bits per heavy atom. The molecule has 0 radical (unpaired) electrons. The Bertz CT molecular complexity index is 1080. The lowest BCUT2D eigenvalue weighted by atomic mass is 9.83. The Labute approximate surface area is 206 Å². The van der Waals surface area contributed by atoms with E-state index in [0.29, 0.717) is 19.4 Å². The third-order valence-corrected chi connectivity index (χ3v) is 7.31. The maximum atomic E-state index is 13.5. The standard InChI is InChI=1S/C28H34N2O5/c1-17-18(26(32)33)14-9-15-30(17)25(31)24(28(2,3)4)29-27(34)35-16-23-21-12-7-5-10-19(21)20-11-6-8-13-22(20)23/h5-8,10-13,17-18,23-24H,9,14-16H2,1-4H3,(H,29,34)(H,32,33)/t17-,18-,24+/m1/s1. The summed E-state index contributed by atoms with van der Waals surface area (Å²) >= 11 is 0. The van der Waals surface area contributed by atoms with Gasteiger partial charge in [-0.05, 0) is 47.4 Å². The summed E-state index contributed by atoms with van der Waals surface area (Å²) < 4.78 is 5.67. The van der Waals surface area contributed by atoms with Gasteiger partial charge in [0.25, 0.3) is 0 Å². The van der Waals surface area contributed by atoms with Crippen molar-refractivity contribution in [3.63, 3.8) is 0 Å². The fourth-order valence-corrected chi connectivity index (χ4v) is 5.36. The minimum absolute atomic E-state index is 0.0737. The van der Waals surface area contributed by atoms with E-state index in [1.165, 1.54) is 0 Å². The number of carboxylic acid groups (broad SMARTS) is 1. The topological polar surface area (TPSA) is 95.9 Å². The number of carbonyl (C=O) groups is 3. The van der Waals surface area contributed by atoms with E-state index in [1.54, 1.807) is 11.8 Å². The molecule has 0 saturated carbocycles.